The number of benzene rings is 2. The van der Waals surface area contributed by atoms with E-state index in [4.69, 9.17) is 4.74 Å². The average Bonchev–Trinajstić information content (AvgIpc) is 2.91. The molecule has 2 aromatic carbocycles. The van der Waals surface area contributed by atoms with Crippen LogP contribution in [0.3, 0.4) is 0 Å². The van der Waals surface area contributed by atoms with Crippen molar-refractivity contribution < 1.29 is 9.13 Å². The van der Waals surface area contributed by atoms with Crippen LogP contribution in [-0.4, -0.2) is 15.8 Å². The maximum Gasteiger partial charge on any atom is 0.152 e. The van der Waals surface area contributed by atoms with Crippen molar-refractivity contribution in [3.8, 4) is 22.7 Å². The first-order valence-corrected chi connectivity index (χ1v) is 8.55. The molecule has 0 amide bonds. The molecule has 3 aromatic rings. The van der Waals surface area contributed by atoms with Crippen LogP contribution in [0.1, 0.15) is 11.5 Å². The zero-order valence-corrected chi connectivity index (χ0v) is 13.7. The van der Waals surface area contributed by atoms with Crippen molar-refractivity contribution in [2.75, 3.05) is 6.26 Å². The molecule has 0 spiro atoms. The Morgan fingerprint density at radius 1 is 1.17 bits per heavy atom. The van der Waals surface area contributed by atoms with Crippen molar-refractivity contribution in [1.29, 1.82) is 0 Å². The molecule has 0 fully saturated rings. The molecule has 2 heterocycles. The number of ether oxygens (including phenoxy) is 1. The lowest BCUT2D eigenvalue weighted by atomic mass is 10.1. The quantitative estimate of drug-likeness (QED) is 0.644. The van der Waals surface area contributed by atoms with E-state index in [-0.39, 0.29) is 5.82 Å². The van der Waals surface area contributed by atoms with E-state index in [1.807, 2.05) is 6.92 Å². The number of aromatic nitrogens is 2. The third-order valence-electron chi connectivity index (χ3n) is 4.00. The second kappa shape index (κ2) is 5.42. The summed E-state index contributed by atoms with van der Waals surface area (Å²) in [7, 11) is 0. The summed E-state index contributed by atoms with van der Waals surface area (Å²) in [6.45, 7) is 2.34. The molecule has 0 bridgehead atoms. The number of nitrogens with zero attached hydrogens (tertiary/aromatic N) is 2. The van der Waals surface area contributed by atoms with Crippen molar-refractivity contribution in [3.05, 3.63) is 59.8 Å². The fourth-order valence-corrected chi connectivity index (χ4v) is 3.37. The molecule has 4 rings (SSSR count). The molecular weight excluding hydrogens is 311 g/mol. The van der Waals surface area contributed by atoms with Gasteiger partial charge in [-0.1, -0.05) is 12.1 Å². The molecule has 23 heavy (non-hydrogen) atoms. The van der Waals surface area contributed by atoms with Gasteiger partial charge in [-0.2, -0.15) is 0 Å². The topological polar surface area (TPSA) is 27.1 Å². The first kappa shape index (κ1) is 14.3. The Balaban J connectivity index is 1.92. The number of imidazole rings is 1. The first-order chi connectivity index (χ1) is 11.2. The summed E-state index contributed by atoms with van der Waals surface area (Å²) in [4.78, 5) is 5.85. The number of hydrogen-bond acceptors (Lipinski definition) is 3. The summed E-state index contributed by atoms with van der Waals surface area (Å²) in [5.41, 5.74) is 3.90. The predicted molar refractivity (Wildman–Crippen MR) is 89.8 cm³/mol. The number of fused-ring (bicyclic) bond motifs is 3. The fourth-order valence-electron chi connectivity index (χ4n) is 2.96. The van der Waals surface area contributed by atoms with E-state index in [9.17, 15) is 4.39 Å². The highest BCUT2D eigenvalue weighted by Crippen LogP contribution is 2.37. The fraction of sp³-hybridized carbons (Fsp3) is 0.167. The third kappa shape index (κ3) is 2.32. The molecule has 5 heteroatoms. The molecule has 0 radical (unpaired) electrons. The number of thioether (sulfide) groups is 1. The molecule has 0 atom stereocenters. The Morgan fingerprint density at radius 2 is 1.96 bits per heavy atom. The summed E-state index contributed by atoms with van der Waals surface area (Å²) in [5, 5.41) is 0. The van der Waals surface area contributed by atoms with Crippen molar-refractivity contribution >= 4 is 11.8 Å². The number of halogens is 1. The van der Waals surface area contributed by atoms with E-state index < -0.39 is 0 Å². The second-order valence-electron chi connectivity index (χ2n) is 5.43. The summed E-state index contributed by atoms with van der Waals surface area (Å²) in [6.07, 6.45) is 2.06. The SMILES string of the molecule is CSc1ccc(-c2c(C)nc3n2-c2ccc(F)cc2OC3)cc1. The van der Waals surface area contributed by atoms with E-state index in [0.29, 0.717) is 12.4 Å². The van der Waals surface area contributed by atoms with E-state index in [0.717, 1.165) is 28.5 Å². The van der Waals surface area contributed by atoms with Gasteiger partial charge in [0, 0.05) is 16.5 Å². The summed E-state index contributed by atoms with van der Waals surface area (Å²) >= 11 is 1.71. The normalized spacial score (nSPS) is 12.5. The van der Waals surface area contributed by atoms with Crippen LogP contribution in [0, 0.1) is 12.7 Å². The highest BCUT2D eigenvalue weighted by Gasteiger charge is 2.24. The lowest BCUT2D eigenvalue weighted by molar-refractivity contribution is 0.278. The van der Waals surface area contributed by atoms with Gasteiger partial charge >= 0.3 is 0 Å². The van der Waals surface area contributed by atoms with Gasteiger partial charge in [0.1, 0.15) is 18.2 Å². The number of aryl methyl sites for hydroxylation is 1. The Bertz CT molecular complexity index is 887. The maximum absolute atomic E-state index is 13.5. The largest absolute Gasteiger partial charge is 0.483 e. The minimum absolute atomic E-state index is 0.296. The van der Waals surface area contributed by atoms with E-state index >= 15 is 0 Å². The zero-order valence-electron chi connectivity index (χ0n) is 12.8. The van der Waals surface area contributed by atoms with Gasteiger partial charge < -0.3 is 4.74 Å². The Hall–Kier alpha value is -2.27. The summed E-state index contributed by atoms with van der Waals surface area (Å²) < 4.78 is 21.2. The van der Waals surface area contributed by atoms with Gasteiger partial charge in [0.25, 0.3) is 0 Å². The summed E-state index contributed by atoms with van der Waals surface area (Å²) in [6, 6.07) is 13.0. The molecule has 0 unspecified atom stereocenters. The van der Waals surface area contributed by atoms with Gasteiger partial charge in [-0.05, 0) is 37.4 Å². The van der Waals surface area contributed by atoms with Crippen molar-refractivity contribution in [2.24, 2.45) is 0 Å². The van der Waals surface area contributed by atoms with Gasteiger partial charge in [-0.25, -0.2) is 9.37 Å². The van der Waals surface area contributed by atoms with E-state index in [2.05, 4.69) is 40.1 Å². The van der Waals surface area contributed by atoms with Crippen LogP contribution < -0.4 is 4.74 Å². The molecule has 1 aliphatic heterocycles. The monoisotopic (exact) mass is 326 g/mol. The van der Waals surface area contributed by atoms with Crippen molar-refractivity contribution in [3.63, 3.8) is 0 Å². The molecule has 0 saturated carbocycles. The third-order valence-corrected chi connectivity index (χ3v) is 4.75. The molecule has 3 nitrogen and oxygen atoms in total. The highest BCUT2D eigenvalue weighted by molar-refractivity contribution is 7.98. The standard InChI is InChI=1S/C18H15FN2OS/c1-11-18(12-3-6-14(23-2)7-4-12)21-15-8-5-13(19)9-16(15)22-10-17(21)20-11/h3-9H,10H2,1-2H3. The lowest BCUT2D eigenvalue weighted by Crippen LogP contribution is -2.14. The van der Waals surface area contributed by atoms with Crippen molar-refractivity contribution in [1.82, 2.24) is 9.55 Å². The van der Waals surface area contributed by atoms with Crippen molar-refractivity contribution in [2.45, 2.75) is 18.4 Å². The Morgan fingerprint density at radius 3 is 2.70 bits per heavy atom. The van der Waals surface area contributed by atoms with Gasteiger partial charge in [-0.3, -0.25) is 4.57 Å². The van der Waals surface area contributed by atoms with Gasteiger partial charge in [0.05, 0.1) is 17.1 Å². The van der Waals surface area contributed by atoms with Crippen LogP contribution >= 0.6 is 11.8 Å². The number of hydrogen-bond donors (Lipinski definition) is 0. The van der Waals surface area contributed by atoms with Crippen LogP contribution in [-0.2, 0) is 6.61 Å². The molecule has 0 aliphatic carbocycles. The molecule has 1 aromatic heterocycles. The van der Waals surface area contributed by atoms with Crippen LogP contribution in [0.2, 0.25) is 0 Å². The van der Waals surface area contributed by atoms with Gasteiger partial charge in [0.15, 0.2) is 5.82 Å². The maximum atomic E-state index is 13.5. The molecule has 116 valence electrons. The van der Waals surface area contributed by atoms with E-state index in [1.54, 1.807) is 17.8 Å². The number of rotatable bonds is 2. The molecule has 0 N–H and O–H groups in total. The van der Waals surface area contributed by atoms with Crippen LogP contribution in [0.15, 0.2) is 47.4 Å². The smallest absolute Gasteiger partial charge is 0.152 e. The van der Waals surface area contributed by atoms with E-state index in [1.165, 1.54) is 17.0 Å². The molecule has 1 aliphatic rings. The summed E-state index contributed by atoms with van der Waals surface area (Å²) in [5.74, 6) is 1.09. The van der Waals surface area contributed by atoms with Gasteiger partial charge in [-0.15, -0.1) is 11.8 Å². The van der Waals surface area contributed by atoms with Crippen LogP contribution in [0.25, 0.3) is 16.9 Å². The Kier molecular flexibility index (Phi) is 3.38. The predicted octanol–water partition coefficient (Wildman–Crippen LogP) is 4.60. The highest BCUT2D eigenvalue weighted by atomic mass is 32.2. The zero-order chi connectivity index (χ0) is 16.0. The Labute approximate surface area is 138 Å². The van der Waals surface area contributed by atoms with Crippen LogP contribution in [0.5, 0.6) is 5.75 Å². The minimum Gasteiger partial charge on any atom is -0.483 e. The molecular formula is C18H15FN2OS. The van der Waals surface area contributed by atoms with Crippen LogP contribution in [0.4, 0.5) is 4.39 Å². The van der Waals surface area contributed by atoms with Gasteiger partial charge in [0.2, 0.25) is 0 Å². The second-order valence-corrected chi connectivity index (χ2v) is 6.31. The average molecular weight is 326 g/mol. The first-order valence-electron chi connectivity index (χ1n) is 7.33. The minimum atomic E-state index is -0.296. The molecule has 0 saturated heterocycles. The lowest BCUT2D eigenvalue weighted by Gasteiger charge is -2.21.